The zero-order valence-corrected chi connectivity index (χ0v) is 18.6. The van der Waals surface area contributed by atoms with E-state index in [9.17, 15) is 4.39 Å². The Morgan fingerprint density at radius 1 is 0.871 bits per heavy atom. The molecule has 0 spiro atoms. The van der Waals surface area contributed by atoms with Crippen molar-refractivity contribution < 1.29 is 9.13 Å². The van der Waals surface area contributed by atoms with Gasteiger partial charge in [-0.2, -0.15) is 0 Å². The lowest BCUT2D eigenvalue weighted by atomic mass is 10.1. The number of benzene rings is 3. The largest absolute Gasteiger partial charge is 0.488 e. The van der Waals surface area contributed by atoms with Crippen molar-refractivity contribution >= 4 is 79.2 Å². The third kappa shape index (κ3) is 3.40. The Hall–Kier alpha value is -2.18. The van der Waals surface area contributed by atoms with E-state index in [-0.39, 0.29) is 18.4 Å². The molecule has 0 radical (unpaired) electrons. The van der Waals surface area contributed by atoms with Crippen LogP contribution in [-0.2, 0) is 0 Å². The molecule has 0 saturated carbocycles. The van der Waals surface area contributed by atoms with Crippen LogP contribution in [0.4, 0.5) is 4.39 Å². The second-order valence-corrected chi connectivity index (χ2v) is 8.80. The Morgan fingerprint density at radius 3 is 1.97 bits per heavy atom. The molecule has 4 nitrogen and oxygen atoms in total. The average molecular weight is 479 g/mol. The molecule has 8 heteroatoms. The van der Waals surface area contributed by atoms with Crippen LogP contribution >= 0.6 is 35.6 Å². The summed E-state index contributed by atoms with van der Waals surface area (Å²) in [6.07, 6.45) is -0.358. The van der Waals surface area contributed by atoms with Crippen LogP contribution < -0.4 is 10.1 Å². The van der Waals surface area contributed by atoms with Gasteiger partial charge in [0.15, 0.2) is 5.75 Å². The van der Waals surface area contributed by atoms with E-state index >= 15 is 0 Å². The van der Waals surface area contributed by atoms with E-state index in [0.29, 0.717) is 29.6 Å². The number of aromatic amines is 2. The molecule has 1 saturated heterocycles. The fraction of sp³-hybridized carbons (Fsp3) is 0.217. The molecule has 6 rings (SSSR count). The van der Waals surface area contributed by atoms with Crippen molar-refractivity contribution in [3.05, 3.63) is 52.5 Å². The molecule has 0 bridgehead atoms. The molecule has 0 unspecified atom stereocenters. The summed E-state index contributed by atoms with van der Waals surface area (Å²) in [5, 5.41) is 8.66. The van der Waals surface area contributed by atoms with Crippen LogP contribution in [0.25, 0.3) is 43.6 Å². The maximum atomic E-state index is 13.6. The summed E-state index contributed by atoms with van der Waals surface area (Å²) in [7, 11) is 0. The van der Waals surface area contributed by atoms with Crippen LogP contribution in [0.5, 0.6) is 5.75 Å². The Kier molecular flexibility index (Phi) is 5.18. The fourth-order valence-corrected chi connectivity index (χ4v) is 4.87. The minimum atomic E-state index is -0.820. The molecule has 5 aromatic rings. The SMILES string of the molecule is Cl.F[C@@H]1CN[C@H](COc2c3[nH]c4ccc(Cl)cc4c3cc3c2[nH]c2ccc(Cl)cc23)C1. The van der Waals surface area contributed by atoms with E-state index < -0.39 is 6.17 Å². The molecule has 2 aromatic heterocycles. The first-order chi connectivity index (χ1) is 14.6. The molecule has 1 aliphatic heterocycles. The first-order valence-corrected chi connectivity index (χ1v) is 10.7. The summed E-state index contributed by atoms with van der Waals surface area (Å²) in [5.74, 6) is 0.728. The van der Waals surface area contributed by atoms with Gasteiger partial charge in [0.05, 0.1) is 11.0 Å². The number of hydrogen-bond acceptors (Lipinski definition) is 2. The van der Waals surface area contributed by atoms with Crippen molar-refractivity contribution in [1.29, 1.82) is 0 Å². The third-order valence-corrected chi connectivity index (χ3v) is 6.41. The molecule has 0 aliphatic carbocycles. The molecule has 3 N–H and O–H groups in total. The number of rotatable bonds is 3. The zero-order chi connectivity index (χ0) is 20.4. The summed E-state index contributed by atoms with van der Waals surface area (Å²) in [6.45, 7) is 0.768. The standard InChI is InChI=1S/C23H18Cl2FN3O.ClH/c24-11-1-3-19-15(5-11)17-8-18-16-6-12(25)2-4-20(16)29-22(18)23(21(17)28-19)30-10-14-7-13(26)9-27-14;/h1-6,8,13-14,27-29H,7,9-10H2;1H/t13-,14-;/m0./s1. The van der Waals surface area contributed by atoms with Crippen molar-refractivity contribution in [2.24, 2.45) is 0 Å². The van der Waals surface area contributed by atoms with Crippen LogP contribution in [0, 0.1) is 0 Å². The molecule has 2 atom stereocenters. The summed E-state index contributed by atoms with van der Waals surface area (Å²) >= 11 is 12.6. The predicted molar refractivity (Wildman–Crippen MR) is 129 cm³/mol. The maximum absolute atomic E-state index is 13.6. The second-order valence-electron chi connectivity index (χ2n) is 7.93. The Balaban J connectivity index is 0.00000204. The number of fused-ring (bicyclic) bond motifs is 6. The van der Waals surface area contributed by atoms with Crippen molar-refractivity contribution in [3.8, 4) is 5.75 Å². The van der Waals surface area contributed by atoms with Gasteiger partial charge in [-0.15, -0.1) is 12.4 Å². The lowest BCUT2D eigenvalue weighted by Gasteiger charge is -2.13. The minimum absolute atomic E-state index is 0. The minimum Gasteiger partial charge on any atom is -0.488 e. The smallest absolute Gasteiger partial charge is 0.167 e. The zero-order valence-electron chi connectivity index (χ0n) is 16.3. The van der Waals surface area contributed by atoms with E-state index in [1.165, 1.54) is 0 Å². The third-order valence-electron chi connectivity index (χ3n) is 5.94. The highest BCUT2D eigenvalue weighted by Crippen LogP contribution is 2.42. The lowest BCUT2D eigenvalue weighted by molar-refractivity contribution is 0.273. The first-order valence-electron chi connectivity index (χ1n) is 9.92. The molecule has 1 fully saturated rings. The number of aromatic nitrogens is 2. The number of alkyl halides is 1. The molecule has 3 aromatic carbocycles. The molecule has 160 valence electrons. The first kappa shape index (κ1) is 20.7. The maximum Gasteiger partial charge on any atom is 0.167 e. The van der Waals surface area contributed by atoms with Gasteiger partial charge in [0, 0.05) is 55.2 Å². The van der Waals surface area contributed by atoms with Gasteiger partial charge >= 0.3 is 0 Å². The molecular formula is C23H19Cl3FN3O. The van der Waals surface area contributed by atoms with E-state index in [1.54, 1.807) is 0 Å². The van der Waals surface area contributed by atoms with Gasteiger partial charge in [0.2, 0.25) is 0 Å². The Morgan fingerprint density at radius 2 is 1.45 bits per heavy atom. The van der Waals surface area contributed by atoms with Gasteiger partial charge < -0.3 is 20.0 Å². The van der Waals surface area contributed by atoms with Crippen LogP contribution in [0.3, 0.4) is 0 Å². The highest BCUT2D eigenvalue weighted by atomic mass is 35.5. The van der Waals surface area contributed by atoms with Crippen molar-refractivity contribution in [3.63, 3.8) is 0 Å². The van der Waals surface area contributed by atoms with Crippen molar-refractivity contribution in [2.75, 3.05) is 13.2 Å². The second kappa shape index (κ2) is 7.75. The molecule has 1 aliphatic rings. The van der Waals surface area contributed by atoms with E-state index in [0.717, 1.165) is 49.4 Å². The number of ether oxygens (including phenoxy) is 1. The lowest BCUT2D eigenvalue weighted by Crippen LogP contribution is -2.28. The molecule has 3 heterocycles. The van der Waals surface area contributed by atoms with Crippen LogP contribution in [0.15, 0.2) is 42.5 Å². The summed E-state index contributed by atoms with van der Waals surface area (Å²) in [5.41, 5.74) is 3.76. The van der Waals surface area contributed by atoms with E-state index in [4.69, 9.17) is 27.9 Å². The average Bonchev–Trinajstić information content (AvgIpc) is 3.40. The summed E-state index contributed by atoms with van der Waals surface area (Å²) < 4.78 is 19.9. The molecule has 0 amide bonds. The van der Waals surface area contributed by atoms with Gasteiger partial charge in [-0.05, 0) is 48.9 Å². The van der Waals surface area contributed by atoms with Gasteiger partial charge in [0.1, 0.15) is 12.8 Å². The van der Waals surface area contributed by atoms with Crippen molar-refractivity contribution in [1.82, 2.24) is 15.3 Å². The van der Waals surface area contributed by atoms with Crippen LogP contribution in [0.2, 0.25) is 10.0 Å². The normalized spacial score (nSPS) is 18.9. The quantitative estimate of drug-likeness (QED) is 0.268. The van der Waals surface area contributed by atoms with E-state index in [1.807, 2.05) is 36.4 Å². The van der Waals surface area contributed by atoms with Crippen LogP contribution in [-0.4, -0.2) is 35.3 Å². The van der Waals surface area contributed by atoms with Crippen molar-refractivity contribution in [2.45, 2.75) is 18.6 Å². The fourth-order valence-electron chi connectivity index (χ4n) is 4.52. The Bertz CT molecular complexity index is 1350. The number of hydrogen-bond donors (Lipinski definition) is 3. The Labute approximate surface area is 193 Å². The molecule has 31 heavy (non-hydrogen) atoms. The van der Waals surface area contributed by atoms with Crippen LogP contribution in [0.1, 0.15) is 6.42 Å². The highest BCUT2D eigenvalue weighted by molar-refractivity contribution is 6.33. The van der Waals surface area contributed by atoms with Gasteiger partial charge in [-0.25, -0.2) is 4.39 Å². The number of halogens is 4. The predicted octanol–water partition coefficient (Wildman–Crippen LogP) is 6.76. The number of nitrogens with one attached hydrogen (secondary N) is 3. The van der Waals surface area contributed by atoms with Gasteiger partial charge in [-0.1, -0.05) is 23.2 Å². The monoisotopic (exact) mass is 477 g/mol. The molecular weight excluding hydrogens is 460 g/mol. The highest BCUT2D eigenvalue weighted by Gasteiger charge is 2.25. The van der Waals surface area contributed by atoms with Gasteiger partial charge in [-0.3, -0.25) is 0 Å². The summed E-state index contributed by atoms with van der Waals surface area (Å²) in [6, 6.07) is 13.7. The topological polar surface area (TPSA) is 52.8 Å². The summed E-state index contributed by atoms with van der Waals surface area (Å²) in [4.78, 5) is 6.96. The number of H-pyrrole nitrogens is 2. The van der Waals surface area contributed by atoms with E-state index in [2.05, 4.69) is 21.4 Å². The van der Waals surface area contributed by atoms with Gasteiger partial charge in [0.25, 0.3) is 0 Å².